The topological polar surface area (TPSA) is 104 Å². The van der Waals surface area contributed by atoms with Crippen molar-refractivity contribution in [1.29, 1.82) is 0 Å². The van der Waals surface area contributed by atoms with Gasteiger partial charge in [-0.2, -0.15) is 4.98 Å². The summed E-state index contributed by atoms with van der Waals surface area (Å²) >= 11 is 0. The molecule has 0 spiro atoms. The van der Waals surface area contributed by atoms with Gasteiger partial charge in [-0.05, 0) is 13.3 Å². The lowest BCUT2D eigenvalue weighted by atomic mass is 10.1. The number of nitrogens with one attached hydrogen (secondary N) is 3. The van der Waals surface area contributed by atoms with Gasteiger partial charge in [-0.25, -0.2) is 0 Å². The van der Waals surface area contributed by atoms with Gasteiger partial charge >= 0.3 is 0 Å². The summed E-state index contributed by atoms with van der Waals surface area (Å²) in [7, 11) is 0. The highest BCUT2D eigenvalue weighted by molar-refractivity contribution is 14.0. The van der Waals surface area contributed by atoms with E-state index in [4.69, 9.17) is 4.52 Å². The summed E-state index contributed by atoms with van der Waals surface area (Å²) in [4.78, 5) is 20.1. The zero-order valence-electron chi connectivity index (χ0n) is 14.5. The Kier molecular flexibility index (Phi) is 9.01. The number of guanidine groups is 1. The van der Waals surface area contributed by atoms with E-state index in [9.17, 15) is 4.79 Å². The second-order valence-electron chi connectivity index (χ2n) is 5.90. The second-order valence-corrected chi connectivity index (χ2v) is 5.90. The molecule has 1 aliphatic heterocycles. The van der Waals surface area contributed by atoms with Crippen molar-refractivity contribution < 1.29 is 9.32 Å². The first-order valence-electron chi connectivity index (χ1n) is 8.22. The fourth-order valence-electron chi connectivity index (χ4n) is 2.24. The van der Waals surface area contributed by atoms with Crippen LogP contribution in [0.15, 0.2) is 9.52 Å². The van der Waals surface area contributed by atoms with Crippen LogP contribution < -0.4 is 16.0 Å². The minimum atomic E-state index is 0. The van der Waals surface area contributed by atoms with Crippen LogP contribution in [0.3, 0.4) is 0 Å². The van der Waals surface area contributed by atoms with Gasteiger partial charge in [-0.15, -0.1) is 24.0 Å². The van der Waals surface area contributed by atoms with E-state index in [0.717, 1.165) is 24.7 Å². The number of halogens is 1. The third-order valence-corrected chi connectivity index (χ3v) is 3.55. The zero-order chi connectivity index (χ0) is 16.7. The Bertz CT molecular complexity index is 536. The van der Waals surface area contributed by atoms with E-state index in [1.54, 1.807) is 0 Å². The Labute approximate surface area is 159 Å². The van der Waals surface area contributed by atoms with Crippen LogP contribution in [0.4, 0.5) is 0 Å². The monoisotopic (exact) mass is 450 g/mol. The summed E-state index contributed by atoms with van der Waals surface area (Å²) in [6.45, 7) is 8.06. The van der Waals surface area contributed by atoms with Gasteiger partial charge in [0.05, 0.1) is 6.54 Å². The van der Waals surface area contributed by atoms with Crippen LogP contribution in [0, 0.1) is 0 Å². The molecule has 0 radical (unpaired) electrons. The van der Waals surface area contributed by atoms with E-state index in [1.165, 1.54) is 0 Å². The van der Waals surface area contributed by atoms with E-state index in [0.29, 0.717) is 31.8 Å². The average molecular weight is 450 g/mol. The molecule has 3 N–H and O–H groups in total. The van der Waals surface area contributed by atoms with E-state index in [2.05, 4.69) is 31.1 Å². The van der Waals surface area contributed by atoms with Gasteiger partial charge in [-0.3, -0.25) is 9.79 Å². The first-order valence-corrected chi connectivity index (χ1v) is 8.22. The van der Waals surface area contributed by atoms with Crippen molar-refractivity contribution in [3.05, 3.63) is 11.7 Å². The van der Waals surface area contributed by atoms with Crippen LogP contribution in [-0.2, 0) is 11.2 Å². The van der Waals surface area contributed by atoms with Crippen molar-refractivity contribution in [2.24, 2.45) is 4.99 Å². The van der Waals surface area contributed by atoms with E-state index in [-0.39, 0.29) is 41.8 Å². The van der Waals surface area contributed by atoms with E-state index in [1.807, 2.05) is 20.8 Å². The minimum Gasteiger partial charge on any atom is -0.357 e. The van der Waals surface area contributed by atoms with Gasteiger partial charge in [0.2, 0.25) is 11.8 Å². The van der Waals surface area contributed by atoms with Crippen LogP contribution >= 0.6 is 24.0 Å². The molecular formula is C15H27IN6O2. The van der Waals surface area contributed by atoms with Crippen LogP contribution in [0.1, 0.15) is 51.2 Å². The zero-order valence-corrected chi connectivity index (χ0v) is 16.8. The molecule has 1 aromatic heterocycles. The SMILES string of the molecule is CCNC(=NCCc1nc(C(C)C)no1)NC1CCC(=O)NC1.I. The number of hydrogen-bond acceptors (Lipinski definition) is 5. The van der Waals surface area contributed by atoms with E-state index < -0.39 is 0 Å². The van der Waals surface area contributed by atoms with Gasteiger partial charge in [0.1, 0.15) is 0 Å². The summed E-state index contributed by atoms with van der Waals surface area (Å²) in [6.07, 6.45) is 1.98. The molecule has 8 nitrogen and oxygen atoms in total. The summed E-state index contributed by atoms with van der Waals surface area (Å²) < 4.78 is 5.21. The Balaban J connectivity index is 0.00000288. The number of hydrogen-bond donors (Lipinski definition) is 3. The molecule has 1 aromatic rings. The number of amides is 1. The third kappa shape index (κ3) is 6.62. The molecule has 0 bridgehead atoms. The van der Waals surface area contributed by atoms with Crippen LogP contribution in [0.5, 0.6) is 0 Å². The van der Waals surface area contributed by atoms with Crippen LogP contribution in [0.25, 0.3) is 0 Å². The van der Waals surface area contributed by atoms with Gasteiger partial charge in [0.25, 0.3) is 0 Å². The highest BCUT2D eigenvalue weighted by atomic mass is 127. The van der Waals surface area contributed by atoms with Crippen molar-refractivity contribution in [3.63, 3.8) is 0 Å². The Hall–Kier alpha value is -1.39. The molecule has 0 aliphatic carbocycles. The van der Waals surface area contributed by atoms with Crippen molar-refractivity contribution in [2.75, 3.05) is 19.6 Å². The van der Waals surface area contributed by atoms with Crippen LogP contribution in [-0.4, -0.2) is 47.7 Å². The Morgan fingerprint density at radius 1 is 1.50 bits per heavy atom. The molecule has 1 saturated heterocycles. The smallest absolute Gasteiger partial charge is 0.228 e. The average Bonchev–Trinajstić information content (AvgIpc) is 2.99. The highest BCUT2D eigenvalue weighted by Crippen LogP contribution is 2.09. The van der Waals surface area contributed by atoms with Crippen molar-refractivity contribution >= 4 is 35.8 Å². The van der Waals surface area contributed by atoms with Crippen molar-refractivity contribution in [1.82, 2.24) is 26.1 Å². The minimum absolute atomic E-state index is 0. The largest absolute Gasteiger partial charge is 0.357 e. The van der Waals surface area contributed by atoms with E-state index >= 15 is 0 Å². The Morgan fingerprint density at radius 3 is 2.88 bits per heavy atom. The number of piperidine rings is 1. The number of carbonyl (C=O) groups excluding carboxylic acids is 1. The summed E-state index contributed by atoms with van der Waals surface area (Å²) in [5.41, 5.74) is 0. The molecule has 1 unspecified atom stereocenters. The second kappa shape index (κ2) is 10.5. The molecule has 0 saturated carbocycles. The number of aromatic nitrogens is 2. The maximum atomic E-state index is 11.2. The number of nitrogens with zero attached hydrogens (tertiary/aromatic N) is 3. The quantitative estimate of drug-likeness (QED) is 0.342. The fraction of sp³-hybridized carbons (Fsp3) is 0.733. The molecule has 24 heavy (non-hydrogen) atoms. The Morgan fingerprint density at radius 2 is 2.29 bits per heavy atom. The lowest BCUT2D eigenvalue weighted by molar-refractivity contribution is -0.122. The third-order valence-electron chi connectivity index (χ3n) is 3.55. The molecule has 136 valence electrons. The number of rotatable bonds is 6. The molecular weight excluding hydrogens is 423 g/mol. The predicted octanol–water partition coefficient (Wildman–Crippen LogP) is 1.19. The van der Waals surface area contributed by atoms with Gasteiger partial charge < -0.3 is 20.5 Å². The summed E-state index contributed by atoms with van der Waals surface area (Å²) in [5.74, 6) is 2.46. The van der Waals surface area contributed by atoms with Gasteiger partial charge in [0, 0.05) is 37.9 Å². The number of aliphatic imine (C=N–C) groups is 1. The predicted molar refractivity (Wildman–Crippen MR) is 103 cm³/mol. The molecule has 2 rings (SSSR count). The van der Waals surface area contributed by atoms with Gasteiger partial charge in [-0.1, -0.05) is 19.0 Å². The molecule has 0 aromatic carbocycles. The summed E-state index contributed by atoms with van der Waals surface area (Å²) in [6, 6.07) is 0.210. The maximum Gasteiger partial charge on any atom is 0.228 e. The lowest BCUT2D eigenvalue weighted by Crippen LogP contribution is -2.51. The van der Waals surface area contributed by atoms with Gasteiger partial charge in [0.15, 0.2) is 11.8 Å². The van der Waals surface area contributed by atoms with Crippen molar-refractivity contribution in [2.45, 2.75) is 52.0 Å². The highest BCUT2D eigenvalue weighted by Gasteiger charge is 2.18. The molecule has 1 fully saturated rings. The lowest BCUT2D eigenvalue weighted by Gasteiger charge is -2.25. The molecule has 1 amide bonds. The maximum absolute atomic E-state index is 11.2. The van der Waals surface area contributed by atoms with Crippen LogP contribution in [0.2, 0.25) is 0 Å². The molecule has 2 heterocycles. The normalized spacial score (nSPS) is 18.1. The first-order chi connectivity index (χ1) is 11.1. The standard InChI is InChI=1S/C15H26N6O2.HI/c1-4-16-15(19-11-5-6-12(22)18-9-11)17-8-7-13-20-14(10(2)3)21-23-13;/h10-11H,4-9H2,1-3H3,(H,18,22)(H2,16,17,19);1H. The molecule has 9 heteroatoms. The first kappa shape index (κ1) is 20.7. The fourth-order valence-corrected chi connectivity index (χ4v) is 2.24. The van der Waals surface area contributed by atoms with Crippen molar-refractivity contribution in [3.8, 4) is 0 Å². The summed E-state index contributed by atoms with van der Waals surface area (Å²) in [5, 5.41) is 13.4. The molecule has 1 atom stereocenters. The molecule has 1 aliphatic rings. The number of carbonyl (C=O) groups is 1.